The molecule has 2 nitrogen and oxygen atoms in total. The van der Waals surface area contributed by atoms with Crippen molar-refractivity contribution in [3.63, 3.8) is 0 Å². The number of rotatable bonds is 6. The molecule has 0 saturated carbocycles. The zero-order chi connectivity index (χ0) is 53.3. The lowest BCUT2D eigenvalue weighted by Gasteiger charge is -2.17. The second-order valence-electron chi connectivity index (χ2n) is 22.2. The van der Waals surface area contributed by atoms with Crippen LogP contribution >= 0.6 is 22.7 Å². The molecule has 6 aromatic heterocycles. The third-order valence-corrected chi connectivity index (χ3v) is 20.4. The Hall–Kier alpha value is -10.1. The molecule has 19 rings (SSSR count). The summed E-state index contributed by atoms with van der Waals surface area (Å²) in [5, 5.41) is 15.6. The van der Waals surface area contributed by atoms with E-state index in [1.54, 1.807) is 0 Å². The summed E-state index contributed by atoms with van der Waals surface area (Å²) in [6, 6.07) is 100. The van der Waals surface area contributed by atoms with Gasteiger partial charge in [0.05, 0.1) is 33.1 Å². The molecule has 4 heteroatoms. The molecule has 0 atom stereocenters. The van der Waals surface area contributed by atoms with E-state index in [9.17, 15) is 0 Å². The first-order chi connectivity index (χ1) is 40.7. The lowest BCUT2D eigenvalue weighted by Crippen LogP contribution is -1.91. The van der Waals surface area contributed by atoms with Gasteiger partial charge in [0.25, 0.3) is 0 Å². The van der Waals surface area contributed by atoms with Crippen LogP contribution in [0.5, 0.6) is 0 Å². The van der Waals surface area contributed by atoms with Gasteiger partial charge in [0, 0.05) is 83.4 Å². The summed E-state index contributed by atoms with van der Waals surface area (Å²) in [5.41, 5.74) is 22.2. The van der Waals surface area contributed by atoms with E-state index in [0.717, 1.165) is 0 Å². The normalized spacial score (nSPS) is 12.4. The van der Waals surface area contributed by atoms with Crippen LogP contribution < -0.4 is 0 Å². The van der Waals surface area contributed by atoms with Crippen LogP contribution in [0.4, 0.5) is 0 Å². The van der Waals surface area contributed by atoms with Crippen LogP contribution in [-0.4, -0.2) is 8.80 Å². The third kappa shape index (κ3) is 6.07. The molecular weight excluding hydrogens is 1030 g/mol. The minimum Gasteiger partial charge on any atom is -0.308 e. The van der Waals surface area contributed by atoms with Gasteiger partial charge in [0.1, 0.15) is 0 Å². The van der Waals surface area contributed by atoms with Gasteiger partial charge in [-0.1, -0.05) is 206 Å². The molecule has 82 heavy (non-hydrogen) atoms. The van der Waals surface area contributed by atoms with Gasteiger partial charge in [0.2, 0.25) is 0 Å². The molecule has 0 bridgehead atoms. The number of hydrogen-bond acceptors (Lipinski definition) is 2. The summed E-state index contributed by atoms with van der Waals surface area (Å²) in [4.78, 5) is 0. The van der Waals surface area contributed by atoms with Crippen LogP contribution in [-0.2, 0) is 0 Å². The second-order valence-corrected chi connectivity index (χ2v) is 24.3. The highest BCUT2D eigenvalue weighted by Gasteiger charge is 2.28. The Morgan fingerprint density at radius 3 is 0.951 bits per heavy atom. The van der Waals surface area contributed by atoms with Crippen molar-refractivity contribution in [1.82, 2.24) is 8.80 Å². The topological polar surface area (TPSA) is 8.82 Å². The van der Waals surface area contributed by atoms with Crippen molar-refractivity contribution in [2.45, 2.75) is 0 Å². The van der Waals surface area contributed by atoms with Gasteiger partial charge >= 0.3 is 0 Å². The molecule has 0 aliphatic carbocycles. The number of hydrogen-bond donors (Lipinski definition) is 0. The SMILES string of the molecule is c1ccc(-c2cccc(-c3ccccc3)c2-c2ccc3c(c2)c2c4sc5ccccc5c4cc4c5cc6c(cc5n3c42)c2cc3c4ccccc4sc3c3c4cc(-c5c(-c7ccccc7)cccc5-c5ccccc5)ccc4n6c23)cc1. The number of benzene rings is 13. The molecule has 0 saturated heterocycles. The maximum Gasteiger partial charge on any atom is 0.0635 e. The summed E-state index contributed by atoms with van der Waals surface area (Å²) in [6.07, 6.45) is 0. The van der Waals surface area contributed by atoms with E-state index in [1.165, 1.54) is 183 Å². The molecule has 0 fully saturated rings. The minimum absolute atomic E-state index is 1.21. The molecule has 0 spiro atoms. The van der Waals surface area contributed by atoms with Crippen LogP contribution in [0.3, 0.4) is 0 Å². The van der Waals surface area contributed by atoms with E-state index in [-0.39, 0.29) is 0 Å². The maximum atomic E-state index is 2.62. The Bertz CT molecular complexity index is 5370. The Kier molecular flexibility index (Phi) is 9.12. The number of aromatic nitrogens is 2. The summed E-state index contributed by atoms with van der Waals surface area (Å²) in [6.45, 7) is 0. The monoisotopic (exact) mass is 1070 g/mol. The van der Waals surface area contributed by atoms with Gasteiger partial charge in [-0.3, -0.25) is 0 Å². The van der Waals surface area contributed by atoms with E-state index in [4.69, 9.17) is 0 Å². The maximum absolute atomic E-state index is 2.62. The van der Waals surface area contributed by atoms with Crippen LogP contribution in [0, 0.1) is 0 Å². The first-order valence-electron chi connectivity index (χ1n) is 28.2. The van der Waals surface area contributed by atoms with Crippen molar-refractivity contribution < 1.29 is 0 Å². The molecule has 19 aromatic rings. The van der Waals surface area contributed by atoms with Crippen molar-refractivity contribution in [3.8, 4) is 66.8 Å². The quantitative estimate of drug-likeness (QED) is 0.157. The summed E-state index contributed by atoms with van der Waals surface area (Å²) >= 11 is 3.87. The molecule has 0 aliphatic rings. The predicted octanol–water partition coefficient (Wildman–Crippen LogP) is 22.7. The Morgan fingerprint density at radius 2 is 0.573 bits per heavy atom. The van der Waals surface area contributed by atoms with Gasteiger partial charge in [-0.2, -0.15) is 0 Å². The highest BCUT2D eigenvalue weighted by atomic mass is 32.1. The number of thiophene rings is 2. The van der Waals surface area contributed by atoms with Gasteiger partial charge < -0.3 is 8.80 Å². The average molecular weight is 1070 g/mol. The summed E-state index contributed by atoms with van der Waals surface area (Å²) < 4.78 is 10.6. The van der Waals surface area contributed by atoms with Crippen molar-refractivity contribution in [3.05, 3.63) is 267 Å². The Morgan fingerprint density at radius 1 is 0.220 bits per heavy atom. The summed E-state index contributed by atoms with van der Waals surface area (Å²) in [5.74, 6) is 0. The summed E-state index contributed by atoms with van der Waals surface area (Å²) in [7, 11) is 0. The van der Waals surface area contributed by atoms with Crippen molar-refractivity contribution in [2.24, 2.45) is 0 Å². The van der Waals surface area contributed by atoms with E-state index in [1.807, 2.05) is 22.7 Å². The predicted molar refractivity (Wildman–Crippen MR) is 354 cm³/mol. The molecular formula is C78H44N2S2. The van der Waals surface area contributed by atoms with Gasteiger partial charge in [-0.25, -0.2) is 0 Å². The zero-order valence-corrected chi connectivity index (χ0v) is 45.7. The van der Waals surface area contributed by atoms with E-state index >= 15 is 0 Å². The Balaban J connectivity index is 0.930. The molecule has 0 amide bonds. The molecule has 0 unspecified atom stereocenters. The fourth-order valence-corrected chi connectivity index (χ4v) is 17.0. The van der Waals surface area contributed by atoms with Crippen LogP contribution in [0.1, 0.15) is 0 Å². The molecule has 378 valence electrons. The molecule has 0 aliphatic heterocycles. The lowest BCUT2D eigenvalue weighted by atomic mass is 9.87. The van der Waals surface area contributed by atoms with E-state index < -0.39 is 0 Å². The van der Waals surface area contributed by atoms with Crippen LogP contribution in [0.25, 0.3) is 183 Å². The van der Waals surface area contributed by atoms with Crippen molar-refractivity contribution in [1.29, 1.82) is 0 Å². The van der Waals surface area contributed by atoms with E-state index in [0.29, 0.717) is 0 Å². The lowest BCUT2D eigenvalue weighted by molar-refractivity contribution is 1.36. The Labute approximate surface area is 478 Å². The highest BCUT2D eigenvalue weighted by Crippen LogP contribution is 2.53. The standard InChI is InChI=1S/C78H44N2S2/c1-5-19-45(20-6-1)51-29-17-30-52(46-21-7-2-8-22-46)71(51)49-35-37-65-63(39-49)73-75-59(41-61-55-27-13-15-33-69(55)81-77(61)73)57-44-68-58(43-67(57)79(65)75)60-42-62-56-28-14-16-34-70(56)82-78(62)74-64-40-50(36-38-66(64)80(68)76(60)74)72-53(47-23-9-3-10-24-47)31-18-32-54(72)48-25-11-4-12-26-48/h1-44H. The van der Waals surface area contributed by atoms with E-state index in [2.05, 4.69) is 276 Å². The molecule has 0 radical (unpaired) electrons. The fraction of sp³-hybridized carbons (Fsp3) is 0. The van der Waals surface area contributed by atoms with Crippen molar-refractivity contribution >= 4 is 139 Å². The second kappa shape index (κ2) is 16.7. The van der Waals surface area contributed by atoms with Crippen molar-refractivity contribution in [2.75, 3.05) is 0 Å². The zero-order valence-electron chi connectivity index (χ0n) is 44.1. The smallest absolute Gasteiger partial charge is 0.0635 e. The molecule has 13 aromatic carbocycles. The fourth-order valence-electron chi connectivity index (χ4n) is 14.5. The minimum atomic E-state index is 1.21. The molecule has 6 heterocycles. The van der Waals surface area contributed by atoms with Gasteiger partial charge in [0.15, 0.2) is 0 Å². The number of nitrogens with zero attached hydrogens (tertiary/aromatic N) is 2. The highest BCUT2D eigenvalue weighted by molar-refractivity contribution is 7.27. The third-order valence-electron chi connectivity index (χ3n) is 18.0. The number of fused-ring (bicyclic) bond motifs is 20. The van der Waals surface area contributed by atoms with Gasteiger partial charge in [-0.15, -0.1) is 22.7 Å². The first-order valence-corrected chi connectivity index (χ1v) is 29.9. The largest absolute Gasteiger partial charge is 0.308 e. The van der Waals surface area contributed by atoms with Gasteiger partial charge in [-0.05, 0) is 127 Å². The first kappa shape index (κ1) is 44.7. The van der Waals surface area contributed by atoms with Crippen LogP contribution in [0.15, 0.2) is 267 Å². The average Bonchev–Trinajstić information content (AvgIpc) is 2.44. The molecule has 0 N–H and O–H groups in total. The van der Waals surface area contributed by atoms with Crippen LogP contribution in [0.2, 0.25) is 0 Å².